The molecule has 0 aliphatic rings. The molecule has 0 saturated heterocycles. The highest BCUT2D eigenvalue weighted by molar-refractivity contribution is 6.32. The number of aldehydes is 1. The van der Waals surface area contributed by atoms with Crippen LogP contribution in [0.3, 0.4) is 0 Å². The van der Waals surface area contributed by atoms with Gasteiger partial charge in [-0.05, 0) is 24.3 Å². The number of esters is 1. The molecule has 0 bridgehead atoms. The molecule has 0 amide bonds. The van der Waals surface area contributed by atoms with Gasteiger partial charge in [0.1, 0.15) is 17.2 Å². The molecule has 0 unspecified atom stereocenters. The van der Waals surface area contributed by atoms with E-state index in [1.54, 1.807) is 44.7 Å². The van der Waals surface area contributed by atoms with Gasteiger partial charge in [-0.25, -0.2) is 4.79 Å². The molecule has 7 nitrogen and oxygen atoms in total. The van der Waals surface area contributed by atoms with Crippen molar-refractivity contribution in [2.45, 2.75) is 0 Å². The second kappa shape index (κ2) is 7.92. The zero-order valence-electron chi connectivity index (χ0n) is 14.4. The topological polar surface area (TPSA) is 84.0 Å². The fourth-order valence-corrected chi connectivity index (χ4v) is 2.63. The second-order valence-electron chi connectivity index (χ2n) is 5.27. The molecule has 2 aromatic carbocycles. The highest BCUT2D eigenvalue weighted by Crippen LogP contribution is 2.38. The van der Waals surface area contributed by atoms with Crippen LogP contribution in [0.4, 0.5) is 0 Å². The summed E-state index contributed by atoms with van der Waals surface area (Å²) in [6.07, 6.45) is 1.66. The average molecular weight is 388 g/mol. The predicted octanol–water partition coefficient (Wildman–Crippen LogP) is 3.80. The Balaban J connectivity index is 1.95. The van der Waals surface area contributed by atoms with Crippen LogP contribution in [0, 0.1) is 0 Å². The molecule has 27 heavy (non-hydrogen) atoms. The molecule has 0 saturated carbocycles. The van der Waals surface area contributed by atoms with Crippen LogP contribution in [0.25, 0.3) is 10.9 Å². The zero-order chi connectivity index (χ0) is 19.4. The quantitative estimate of drug-likeness (QED) is 0.275. The van der Waals surface area contributed by atoms with E-state index >= 15 is 0 Å². The smallest absolute Gasteiger partial charge is 0.376 e. The third-order valence-electron chi connectivity index (χ3n) is 3.64. The Morgan fingerprint density at radius 1 is 1.00 bits per heavy atom. The summed E-state index contributed by atoms with van der Waals surface area (Å²) >= 11 is 6.08. The first-order valence-corrected chi connectivity index (χ1v) is 8.08. The molecule has 0 atom stereocenters. The number of fused-ring (bicyclic) bond motifs is 1. The van der Waals surface area contributed by atoms with Gasteiger partial charge in [0.2, 0.25) is 6.29 Å². The molecule has 0 fully saturated rings. The lowest BCUT2D eigenvalue weighted by Crippen LogP contribution is -2.08. The first kappa shape index (κ1) is 18.5. The van der Waals surface area contributed by atoms with Crippen LogP contribution in [-0.2, 0) is 9.59 Å². The van der Waals surface area contributed by atoms with Gasteiger partial charge in [0.15, 0.2) is 11.5 Å². The van der Waals surface area contributed by atoms with E-state index in [1.807, 2.05) is 0 Å². The van der Waals surface area contributed by atoms with Crippen molar-refractivity contribution in [2.75, 3.05) is 14.2 Å². The molecular formula is C19H14ClNO6. The number of nitrogens with zero attached hydrogens (tertiary/aromatic N) is 1. The van der Waals surface area contributed by atoms with Gasteiger partial charge in [-0.3, -0.25) is 9.78 Å². The van der Waals surface area contributed by atoms with E-state index in [1.165, 1.54) is 12.1 Å². The average Bonchev–Trinajstić information content (AvgIpc) is 2.69. The van der Waals surface area contributed by atoms with Crippen molar-refractivity contribution in [2.24, 2.45) is 0 Å². The third-order valence-corrected chi connectivity index (χ3v) is 3.94. The van der Waals surface area contributed by atoms with E-state index in [2.05, 4.69) is 4.98 Å². The van der Waals surface area contributed by atoms with Gasteiger partial charge in [0, 0.05) is 23.7 Å². The lowest BCUT2D eigenvalue weighted by Gasteiger charge is -2.13. The maximum atomic E-state index is 11.1. The first-order chi connectivity index (χ1) is 13.0. The summed E-state index contributed by atoms with van der Waals surface area (Å²) in [6.45, 7) is 0. The van der Waals surface area contributed by atoms with Crippen molar-refractivity contribution in [3.05, 3.63) is 47.6 Å². The molecule has 3 rings (SSSR count). The SMILES string of the molecule is COc1cc2nccc(Oc3ccc(OC(=O)C=O)c(Cl)c3)c2cc1OC. The molecule has 8 heteroatoms. The number of methoxy groups -OCH3 is 2. The predicted molar refractivity (Wildman–Crippen MR) is 98.1 cm³/mol. The number of hydrogen-bond donors (Lipinski definition) is 0. The highest BCUT2D eigenvalue weighted by atomic mass is 35.5. The summed E-state index contributed by atoms with van der Waals surface area (Å²) in [5.41, 5.74) is 0.660. The zero-order valence-corrected chi connectivity index (χ0v) is 15.1. The van der Waals surface area contributed by atoms with E-state index in [-0.39, 0.29) is 17.1 Å². The lowest BCUT2D eigenvalue weighted by atomic mass is 10.2. The molecule has 1 heterocycles. The summed E-state index contributed by atoms with van der Waals surface area (Å²) < 4.78 is 21.3. The fourth-order valence-electron chi connectivity index (χ4n) is 2.42. The third kappa shape index (κ3) is 3.93. The lowest BCUT2D eigenvalue weighted by molar-refractivity contribution is -0.141. The van der Waals surface area contributed by atoms with Gasteiger partial charge in [0.25, 0.3) is 0 Å². The monoisotopic (exact) mass is 387 g/mol. The summed E-state index contributed by atoms with van der Waals surface area (Å²) in [5, 5.41) is 0.836. The minimum Gasteiger partial charge on any atom is -0.493 e. The van der Waals surface area contributed by atoms with Crippen molar-refractivity contribution in [1.29, 1.82) is 0 Å². The van der Waals surface area contributed by atoms with Gasteiger partial charge in [-0.2, -0.15) is 0 Å². The van der Waals surface area contributed by atoms with Crippen LogP contribution < -0.4 is 18.9 Å². The van der Waals surface area contributed by atoms with E-state index in [0.29, 0.717) is 33.9 Å². The summed E-state index contributed by atoms with van der Waals surface area (Å²) in [5.74, 6) is 1.05. The number of benzene rings is 2. The summed E-state index contributed by atoms with van der Waals surface area (Å²) in [4.78, 5) is 25.8. The van der Waals surface area contributed by atoms with Crippen molar-refractivity contribution < 1.29 is 28.5 Å². The van der Waals surface area contributed by atoms with Crippen molar-refractivity contribution in [1.82, 2.24) is 4.98 Å². The van der Waals surface area contributed by atoms with Gasteiger partial charge in [-0.1, -0.05) is 11.6 Å². The van der Waals surface area contributed by atoms with Crippen molar-refractivity contribution in [3.8, 4) is 28.7 Å². The standard InChI is InChI=1S/C19H14ClNO6/c1-24-17-8-12-14(9-18(17)25-2)21-6-5-15(12)26-11-3-4-16(13(20)7-11)27-19(23)10-22/h3-10H,1-2H3. The van der Waals surface area contributed by atoms with E-state index in [0.717, 1.165) is 0 Å². The molecule has 1 aromatic heterocycles. The number of pyridine rings is 1. The van der Waals surface area contributed by atoms with Crippen molar-refractivity contribution >= 4 is 34.8 Å². The molecule has 0 radical (unpaired) electrons. The number of halogens is 1. The molecule has 0 N–H and O–H groups in total. The number of ether oxygens (including phenoxy) is 4. The minimum atomic E-state index is -1.04. The Bertz CT molecular complexity index is 1020. The second-order valence-corrected chi connectivity index (χ2v) is 5.67. The maximum Gasteiger partial charge on any atom is 0.376 e. The highest BCUT2D eigenvalue weighted by Gasteiger charge is 2.13. The summed E-state index contributed by atoms with van der Waals surface area (Å²) in [6, 6.07) is 9.68. The molecule has 0 aliphatic heterocycles. The number of carbonyl (C=O) groups excluding carboxylic acids is 2. The Labute approximate surface area is 159 Å². The van der Waals surface area contributed by atoms with Gasteiger partial charge < -0.3 is 18.9 Å². The minimum absolute atomic E-state index is 0.0610. The summed E-state index contributed by atoms with van der Waals surface area (Å²) in [7, 11) is 3.09. The van der Waals surface area contributed by atoms with Crippen molar-refractivity contribution in [3.63, 3.8) is 0 Å². The Kier molecular flexibility index (Phi) is 5.42. The maximum absolute atomic E-state index is 11.1. The first-order valence-electron chi connectivity index (χ1n) is 7.71. The van der Waals surface area contributed by atoms with Crippen LogP contribution >= 0.6 is 11.6 Å². The Morgan fingerprint density at radius 2 is 1.74 bits per heavy atom. The Hall–Kier alpha value is -3.32. The normalized spacial score (nSPS) is 10.3. The van der Waals surface area contributed by atoms with Crippen LogP contribution in [-0.4, -0.2) is 31.5 Å². The Morgan fingerprint density at radius 3 is 2.41 bits per heavy atom. The number of aromatic nitrogens is 1. The molecule has 0 aliphatic carbocycles. The van der Waals surface area contributed by atoms with Crippen LogP contribution in [0.15, 0.2) is 42.6 Å². The molecule has 0 spiro atoms. The number of hydrogen-bond acceptors (Lipinski definition) is 7. The van der Waals surface area contributed by atoms with Crippen LogP contribution in [0.1, 0.15) is 0 Å². The van der Waals surface area contributed by atoms with E-state index in [9.17, 15) is 9.59 Å². The molecular weight excluding hydrogens is 374 g/mol. The number of rotatable bonds is 6. The largest absolute Gasteiger partial charge is 0.493 e. The van der Waals surface area contributed by atoms with Gasteiger partial charge in [-0.15, -0.1) is 0 Å². The van der Waals surface area contributed by atoms with E-state index < -0.39 is 5.97 Å². The van der Waals surface area contributed by atoms with E-state index in [4.69, 9.17) is 30.5 Å². The number of carbonyl (C=O) groups is 2. The van der Waals surface area contributed by atoms with Gasteiger partial charge >= 0.3 is 5.97 Å². The van der Waals surface area contributed by atoms with Crippen LogP contribution in [0.2, 0.25) is 5.02 Å². The van der Waals surface area contributed by atoms with Crippen LogP contribution in [0.5, 0.6) is 28.7 Å². The van der Waals surface area contributed by atoms with Gasteiger partial charge in [0.05, 0.1) is 24.8 Å². The molecule has 138 valence electrons. The molecule has 3 aromatic rings. The fraction of sp³-hybridized carbons (Fsp3) is 0.105.